The number of hydrogen-bond donors (Lipinski definition) is 1. The number of halogens is 4. The van der Waals surface area contributed by atoms with Crippen molar-refractivity contribution in [2.24, 2.45) is 0 Å². The van der Waals surface area contributed by atoms with Crippen molar-refractivity contribution in [3.05, 3.63) is 81.4 Å². The molecule has 1 aliphatic heterocycles. The second-order valence-corrected chi connectivity index (χ2v) is 8.85. The first kappa shape index (κ1) is 23.1. The number of benzene rings is 2. The first-order valence-electron chi connectivity index (χ1n) is 9.13. The van der Waals surface area contributed by atoms with Gasteiger partial charge >= 0.3 is 12.1 Å². The van der Waals surface area contributed by atoms with Gasteiger partial charge < -0.3 is 9.52 Å². The van der Waals surface area contributed by atoms with E-state index in [1.165, 1.54) is 30.3 Å². The molecule has 0 saturated carbocycles. The van der Waals surface area contributed by atoms with Crippen LogP contribution in [0.15, 0.2) is 63.9 Å². The van der Waals surface area contributed by atoms with E-state index in [0.29, 0.717) is 11.3 Å². The van der Waals surface area contributed by atoms with Crippen LogP contribution in [0.25, 0.3) is 17.4 Å². The maximum Gasteiger partial charge on any atom is 0.416 e. The number of carbonyl (C=O) groups is 2. The smallest absolute Gasteiger partial charge is 0.416 e. The lowest BCUT2D eigenvalue weighted by Gasteiger charge is -2.16. The molecule has 4 rings (SSSR count). The molecule has 1 saturated heterocycles. The number of nitrogens with zero attached hydrogens (tertiary/aromatic N) is 1. The van der Waals surface area contributed by atoms with Crippen LogP contribution in [-0.4, -0.2) is 21.3 Å². The van der Waals surface area contributed by atoms with Crippen molar-refractivity contribution in [1.29, 1.82) is 0 Å². The Morgan fingerprint density at radius 2 is 1.91 bits per heavy atom. The van der Waals surface area contributed by atoms with Crippen LogP contribution in [0.3, 0.4) is 0 Å². The van der Waals surface area contributed by atoms with Crippen molar-refractivity contribution in [3.63, 3.8) is 0 Å². The zero-order chi connectivity index (χ0) is 23.9. The van der Waals surface area contributed by atoms with Crippen molar-refractivity contribution >= 4 is 63.5 Å². The van der Waals surface area contributed by atoms with Gasteiger partial charge in [0.2, 0.25) is 0 Å². The third-order valence-corrected chi connectivity index (χ3v) is 6.24. The highest BCUT2D eigenvalue weighted by molar-refractivity contribution is 8.27. The SMILES string of the molecule is O=C(O)c1cc(-c2ccc(/C=C3\SC(=S)N(c4cccc(C(F)(F)F)c4)C3=O)o2)ccc1Cl. The molecule has 0 unspecified atom stereocenters. The zero-order valence-corrected chi connectivity index (χ0v) is 18.6. The van der Waals surface area contributed by atoms with Crippen LogP contribution in [0.4, 0.5) is 18.9 Å². The van der Waals surface area contributed by atoms with E-state index in [2.05, 4.69) is 0 Å². The number of furan rings is 1. The van der Waals surface area contributed by atoms with E-state index >= 15 is 0 Å². The number of anilines is 1. The number of thioether (sulfide) groups is 1. The molecule has 1 aliphatic rings. The maximum absolute atomic E-state index is 13.0. The van der Waals surface area contributed by atoms with Gasteiger partial charge in [-0.3, -0.25) is 9.69 Å². The molecule has 2 aromatic carbocycles. The molecule has 3 aromatic rings. The van der Waals surface area contributed by atoms with E-state index < -0.39 is 23.6 Å². The van der Waals surface area contributed by atoms with Crippen LogP contribution in [0.5, 0.6) is 0 Å². The quantitative estimate of drug-likeness (QED) is 0.311. The van der Waals surface area contributed by atoms with Crippen LogP contribution in [0.1, 0.15) is 21.7 Å². The molecular weight excluding hydrogens is 499 g/mol. The lowest BCUT2D eigenvalue weighted by molar-refractivity contribution is -0.137. The van der Waals surface area contributed by atoms with E-state index in [-0.39, 0.29) is 31.3 Å². The number of alkyl halides is 3. The van der Waals surface area contributed by atoms with Crippen molar-refractivity contribution in [3.8, 4) is 11.3 Å². The molecule has 11 heteroatoms. The topological polar surface area (TPSA) is 70.8 Å². The minimum absolute atomic E-state index is 0.0122. The number of rotatable bonds is 4. The molecular formula is C22H11ClF3NO4S2. The van der Waals surface area contributed by atoms with Gasteiger partial charge in [-0.25, -0.2) is 4.79 Å². The molecule has 0 bridgehead atoms. The fourth-order valence-electron chi connectivity index (χ4n) is 3.07. The Balaban J connectivity index is 1.61. The summed E-state index contributed by atoms with van der Waals surface area (Å²) in [5, 5.41) is 9.30. The summed E-state index contributed by atoms with van der Waals surface area (Å²) < 4.78 is 44.9. The molecule has 5 nitrogen and oxygen atoms in total. The summed E-state index contributed by atoms with van der Waals surface area (Å²) in [5.74, 6) is -1.15. The van der Waals surface area contributed by atoms with Gasteiger partial charge in [0.25, 0.3) is 5.91 Å². The molecule has 168 valence electrons. The number of carboxylic acid groups (broad SMARTS) is 1. The molecule has 1 aromatic heterocycles. The summed E-state index contributed by atoms with van der Waals surface area (Å²) in [6, 6.07) is 11.9. The van der Waals surface area contributed by atoms with Crippen LogP contribution in [-0.2, 0) is 11.0 Å². The van der Waals surface area contributed by atoms with Gasteiger partial charge in [-0.1, -0.05) is 41.6 Å². The Kier molecular flexibility index (Phi) is 6.08. The van der Waals surface area contributed by atoms with Crippen LogP contribution in [0.2, 0.25) is 5.02 Å². The molecule has 1 amide bonds. The third-order valence-electron chi connectivity index (χ3n) is 4.61. The first-order valence-corrected chi connectivity index (χ1v) is 10.7. The van der Waals surface area contributed by atoms with Gasteiger partial charge in [-0.15, -0.1) is 0 Å². The number of carbonyl (C=O) groups excluding carboxylic acids is 1. The highest BCUT2D eigenvalue weighted by atomic mass is 35.5. The molecule has 1 fully saturated rings. The number of amides is 1. The summed E-state index contributed by atoms with van der Waals surface area (Å²) in [6.45, 7) is 0. The van der Waals surface area contributed by atoms with Gasteiger partial charge in [-0.2, -0.15) is 13.2 Å². The average Bonchev–Trinajstić information content (AvgIpc) is 3.32. The number of carboxylic acids is 1. The standard InChI is InChI=1S/C22H11ClF3NO4S2/c23-16-6-4-11(8-15(16)20(29)30)17-7-5-14(31-17)10-18-19(28)27(21(32)33-18)13-3-1-2-12(9-13)22(24,25)26/h1-10H,(H,29,30)/b18-10-. The largest absolute Gasteiger partial charge is 0.478 e. The summed E-state index contributed by atoms with van der Waals surface area (Å²) in [4.78, 5) is 25.3. The molecule has 0 radical (unpaired) electrons. The highest BCUT2D eigenvalue weighted by Crippen LogP contribution is 2.39. The average molecular weight is 510 g/mol. The van der Waals surface area contributed by atoms with Gasteiger partial charge in [0, 0.05) is 11.6 Å². The third kappa shape index (κ3) is 4.68. The Morgan fingerprint density at radius 1 is 1.15 bits per heavy atom. The Morgan fingerprint density at radius 3 is 2.61 bits per heavy atom. The van der Waals surface area contributed by atoms with E-state index in [0.717, 1.165) is 28.8 Å². The van der Waals surface area contributed by atoms with Gasteiger partial charge in [0.1, 0.15) is 11.5 Å². The molecule has 33 heavy (non-hydrogen) atoms. The minimum Gasteiger partial charge on any atom is -0.478 e. The van der Waals surface area contributed by atoms with E-state index in [1.807, 2.05) is 0 Å². The minimum atomic E-state index is -4.56. The van der Waals surface area contributed by atoms with Gasteiger partial charge in [0.05, 0.1) is 26.7 Å². The fourth-order valence-corrected chi connectivity index (χ4v) is 4.55. The van der Waals surface area contributed by atoms with Crippen LogP contribution in [0, 0.1) is 0 Å². The predicted molar refractivity (Wildman–Crippen MR) is 123 cm³/mol. The van der Waals surface area contributed by atoms with Crippen LogP contribution >= 0.6 is 35.6 Å². The summed E-state index contributed by atoms with van der Waals surface area (Å²) in [7, 11) is 0. The number of hydrogen-bond acceptors (Lipinski definition) is 5. The second-order valence-electron chi connectivity index (χ2n) is 6.77. The van der Waals surface area contributed by atoms with E-state index in [4.69, 9.17) is 28.2 Å². The van der Waals surface area contributed by atoms with E-state index in [9.17, 15) is 27.9 Å². The zero-order valence-electron chi connectivity index (χ0n) is 16.2. The number of aromatic carboxylic acids is 1. The Hall–Kier alpha value is -3.08. The van der Waals surface area contributed by atoms with Crippen molar-refractivity contribution in [2.75, 3.05) is 4.90 Å². The summed E-state index contributed by atoms with van der Waals surface area (Å²) >= 11 is 12.0. The van der Waals surface area contributed by atoms with Crippen molar-refractivity contribution in [1.82, 2.24) is 0 Å². The second kappa shape index (κ2) is 8.69. The van der Waals surface area contributed by atoms with Gasteiger partial charge in [0.15, 0.2) is 4.32 Å². The molecule has 0 aliphatic carbocycles. The molecule has 0 spiro atoms. The monoisotopic (exact) mass is 509 g/mol. The van der Waals surface area contributed by atoms with Crippen molar-refractivity contribution < 1.29 is 32.3 Å². The maximum atomic E-state index is 13.0. The van der Waals surface area contributed by atoms with Crippen molar-refractivity contribution in [2.45, 2.75) is 6.18 Å². The molecule has 2 heterocycles. The Bertz CT molecular complexity index is 1330. The highest BCUT2D eigenvalue weighted by Gasteiger charge is 2.36. The first-order chi connectivity index (χ1) is 15.5. The Labute approximate surface area is 199 Å². The van der Waals surface area contributed by atoms with Gasteiger partial charge in [-0.05, 0) is 48.5 Å². The molecule has 1 N–H and O–H groups in total. The predicted octanol–water partition coefficient (Wildman–Crippen LogP) is 6.72. The van der Waals surface area contributed by atoms with Crippen LogP contribution < -0.4 is 4.90 Å². The number of thiocarbonyl (C=S) groups is 1. The summed E-state index contributed by atoms with van der Waals surface area (Å²) in [5.41, 5.74) is -0.502. The normalized spacial score (nSPS) is 15.5. The lowest BCUT2D eigenvalue weighted by atomic mass is 10.1. The summed E-state index contributed by atoms with van der Waals surface area (Å²) in [6.07, 6.45) is -3.14. The lowest BCUT2D eigenvalue weighted by Crippen LogP contribution is -2.27. The van der Waals surface area contributed by atoms with E-state index in [1.54, 1.807) is 18.2 Å². The fraction of sp³-hybridized carbons (Fsp3) is 0.0455. The molecule has 0 atom stereocenters.